The highest BCUT2D eigenvalue weighted by molar-refractivity contribution is 5.80. The van der Waals surface area contributed by atoms with E-state index >= 15 is 0 Å². The molecule has 0 fully saturated rings. The van der Waals surface area contributed by atoms with Crippen LogP contribution in [0, 0.1) is 0 Å². The van der Waals surface area contributed by atoms with Crippen LogP contribution in [0.25, 0.3) is 0 Å². The van der Waals surface area contributed by atoms with Gasteiger partial charge in [0.1, 0.15) is 0 Å². The summed E-state index contributed by atoms with van der Waals surface area (Å²) in [7, 11) is 0. The van der Waals surface area contributed by atoms with Gasteiger partial charge in [-0.15, -0.1) is 0 Å². The molecular formula is C22H38O2. The van der Waals surface area contributed by atoms with Crippen molar-refractivity contribution in [2.45, 2.75) is 96.8 Å². The summed E-state index contributed by atoms with van der Waals surface area (Å²) in [5.74, 6) is -0.887. The van der Waals surface area contributed by atoms with Gasteiger partial charge in [-0.3, -0.25) is 0 Å². The van der Waals surface area contributed by atoms with Crippen molar-refractivity contribution in [3.8, 4) is 0 Å². The average Bonchev–Trinajstić information content (AvgIpc) is 2.56. The lowest BCUT2D eigenvalue weighted by molar-refractivity contribution is -0.131. The molecule has 0 bridgehead atoms. The van der Waals surface area contributed by atoms with Gasteiger partial charge >= 0.3 is 5.97 Å². The number of hydrogen-bond acceptors (Lipinski definition) is 1. The van der Waals surface area contributed by atoms with Crippen molar-refractivity contribution in [1.82, 2.24) is 0 Å². The van der Waals surface area contributed by atoms with Crippen molar-refractivity contribution in [2.75, 3.05) is 0 Å². The highest BCUT2D eigenvalue weighted by Gasteiger charge is 1.91. The minimum atomic E-state index is -0.887. The topological polar surface area (TPSA) is 37.3 Å². The highest BCUT2D eigenvalue weighted by Crippen LogP contribution is 2.10. The summed E-state index contributed by atoms with van der Waals surface area (Å²) < 4.78 is 0. The monoisotopic (exact) mass is 334 g/mol. The molecular weight excluding hydrogens is 296 g/mol. The number of hydrogen-bond donors (Lipinski definition) is 1. The fourth-order valence-electron chi connectivity index (χ4n) is 2.65. The normalized spacial score (nSPS) is 12.0. The van der Waals surface area contributed by atoms with Crippen LogP contribution in [0.5, 0.6) is 0 Å². The van der Waals surface area contributed by atoms with Crippen molar-refractivity contribution in [2.24, 2.45) is 0 Å². The second kappa shape index (κ2) is 19.7. The Bertz CT molecular complexity index is 353. The van der Waals surface area contributed by atoms with Crippen LogP contribution >= 0.6 is 0 Å². The van der Waals surface area contributed by atoms with E-state index in [4.69, 9.17) is 5.11 Å². The van der Waals surface area contributed by atoms with E-state index in [0.717, 1.165) is 12.5 Å². The first-order valence-corrected chi connectivity index (χ1v) is 9.98. The summed E-state index contributed by atoms with van der Waals surface area (Å²) in [5.41, 5.74) is 0. The van der Waals surface area contributed by atoms with Gasteiger partial charge in [0, 0.05) is 6.08 Å². The van der Waals surface area contributed by atoms with Gasteiger partial charge in [-0.2, -0.15) is 0 Å². The van der Waals surface area contributed by atoms with Gasteiger partial charge in [0.2, 0.25) is 0 Å². The molecule has 0 aliphatic carbocycles. The maximum Gasteiger partial charge on any atom is 0.328 e. The largest absolute Gasteiger partial charge is 0.478 e. The van der Waals surface area contributed by atoms with Crippen LogP contribution in [0.1, 0.15) is 96.8 Å². The second-order valence-electron chi connectivity index (χ2n) is 6.50. The smallest absolute Gasteiger partial charge is 0.328 e. The minimum Gasteiger partial charge on any atom is -0.478 e. The van der Waals surface area contributed by atoms with Crippen LogP contribution in [0.2, 0.25) is 0 Å². The first kappa shape index (κ1) is 22.7. The molecule has 0 aromatic carbocycles. The lowest BCUT2D eigenvalue weighted by Crippen LogP contribution is -1.84. The van der Waals surface area contributed by atoms with Crippen LogP contribution in [0.3, 0.4) is 0 Å². The number of rotatable bonds is 17. The van der Waals surface area contributed by atoms with Crippen LogP contribution < -0.4 is 0 Å². The third-order valence-electron chi connectivity index (χ3n) is 4.12. The van der Waals surface area contributed by atoms with E-state index in [0.29, 0.717) is 0 Å². The quantitative estimate of drug-likeness (QED) is 0.132. The van der Waals surface area contributed by atoms with Gasteiger partial charge in [-0.05, 0) is 38.5 Å². The van der Waals surface area contributed by atoms with Crippen molar-refractivity contribution in [1.29, 1.82) is 0 Å². The number of unbranched alkanes of at least 4 members (excludes halogenated alkanes) is 12. The molecule has 0 spiro atoms. The molecule has 24 heavy (non-hydrogen) atoms. The summed E-state index contributed by atoms with van der Waals surface area (Å²) in [5, 5.41) is 8.43. The molecule has 0 aliphatic rings. The van der Waals surface area contributed by atoms with E-state index in [9.17, 15) is 4.79 Å². The Kier molecular flexibility index (Phi) is 18.7. The summed E-state index contributed by atoms with van der Waals surface area (Å²) in [6, 6.07) is 0. The van der Waals surface area contributed by atoms with Crippen LogP contribution in [-0.4, -0.2) is 11.1 Å². The molecule has 138 valence electrons. The fourth-order valence-corrected chi connectivity index (χ4v) is 2.65. The average molecular weight is 335 g/mol. The van der Waals surface area contributed by atoms with E-state index in [1.165, 1.54) is 83.5 Å². The zero-order valence-corrected chi connectivity index (χ0v) is 15.7. The van der Waals surface area contributed by atoms with Crippen molar-refractivity contribution in [3.05, 3.63) is 36.5 Å². The summed E-state index contributed by atoms with van der Waals surface area (Å²) in [6.07, 6.45) is 29.6. The Hall–Kier alpha value is -1.31. The summed E-state index contributed by atoms with van der Waals surface area (Å²) in [6.45, 7) is 2.26. The maximum absolute atomic E-state index is 10.3. The molecule has 0 heterocycles. The molecule has 0 aromatic heterocycles. The zero-order valence-electron chi connectivity index (χ0n) is 15.7. The standard InChI is InChI=1S/C22H38O2/c1-2-3-4-5-6-7-8-9-10-11-12-13-14-15-16-17-18-19-20-21-22(23)24/h7-8,18-21H,2-6,9-17H2,1H3,(H,23,24)/b8-7?,19-18-,21-20?. The van der Waals surface area contributed by atoms with Gasteiger partial charge in [-0.1, -0.05) is 88.7 Å². The minimum absolute atomic E-state index is 0.887. The maximum atomic E-state index is 10.3. The predicted molar refractivity (Wildman–Crippen MR) is 105 cm³/mol. The third-order valence-corrected chi connectivity index (χ3v) is 4.12. The fraction of sp³-hybridized carbons (Fsp3) is 0.682. The van der Waals surface area contributed by atoms with Crippen molar-refractivity contribution < 1.29 is 9.90 Å². The van der Waals surface area contributed by atoms with E-state index in [2.05, 4.69) is 19.1 Å². The Morgan fingerprint density at radius 1 is 0.667 bits per heavy atom. The predicted octanol–water partition coefficient (Wildman–Crippen LogP) is 7.22. The van der Waals surface area contributed by atoms with E-state index in [-0.39, 0.29) is 0 Å². The summed E-state index contributed by atoms with van der Waals surface area (Å²) in [4.78, 5) is 10.3. The lowest BCUT2D eigenvalue weighted by Gasteiger charge is -2.00. The lowest BCUT2D eigenvalue weighted by atomic mass is 10.1. The molecule has 0 rings (SSSR count). The highest BCUT2D eigenvalue weighted by atomic mass is 16.4. The number of carboxylic acid groups (broad SMARTS) is 1. The van der Waals surface area contributed by atoms with Crippen LogP contribution in [0.15, 0.2) is 36.5 Å². The SMILES string of the molecule is CCCCCCC=CCCCCCCCCC/C=C\C=CC(=O)O. The van der Waals surface area contributed by atoms with Gasteiger partial charge in [0.05, 0.1) is 0 Å². The summed E-state index contributed by atoms with van der Waals surface area (Å²) >= 11 is 0. The van der Waals surface area contributed by atoms with Gasteiger partial charge in [0.15, 0.2) is 0 Å². The number of carboxylic acids is 1. The van der Waals surface area contributed by atoms with Crippen LogP contribution in [0.4, 0.5) is 0 Å². The van der Waals surface area contributed by atoms with E-state index in [1.807, 2.05) is 12.2 Å². The molecule has 2 nitrogen and oxygen atoms in total. The first-order valence-electron chi connectivity index (χ1n) is 9.98. The molecule has 0 saturated carbocycles. The molecule has 1 N–H and O–H groups in total. The van der Waals surface area contributed by atoms with Crippen LogP contribution in [-0.2, 0) is 4.79 Å². The molecule has 0 atom stereocenters. The zero-order chi connectivity index (χ0) is 17.7. The van der Waals surface area contributed by atoms with Crippen molar-refractivity contribution in [3.63, 3.8) is 0 Å². The third kappa shape index (κ3) is 20.7. The molecule has 0 unspecified atom stereocenters. The van der Waals surface area contributed by atoms with Gasteiger partial charge in [-0.25, -0.2) is 4.79 Å². The second-order valence-corrected chi connectivity index (χ2v) is 6.50. The first-order chi connectivity index (χ1) is 11.8. The number of aliphatic carboxylic acids is 1. The van der Waals surface area contributed by atoms with Gasteiger partial charge < -0.3 is 5.11 Å². The molecule has 0 aliphatic heterocycles. The molecule has 0 saturated heterocycles. The molecule has 0 radical (unpaired) electrons. The molecule has 0 aromatic rings. The Morgan fingerprint density at radius 3 is 1.62 bits per heavy atom. The van der Waals surface area contributed by atoms with Gasteiger partial charge in [0.25, 0.3) is 0 Å². The Labute approximate surface area is 149 Å². The number of carbonyl (C=O) groups is 1. The van der Waals surface area contributed by atoms with Crippen molar-refractivity contribution >= 4 is 5.97 Å². The molecule has 0 amide bonds. The number of allylic oxidation sites excluding steroid dienone is 5. The molecule has 2 heteroatoms. The Morgan fingerprint density at radius 2 is 1.12 bits per heavy atom. The Balaban J connectivity index is 3.17. The van der Waals surface area contributed by atoms with E-state index < -0.39 is 5.97 Å². The van der Waals surface area contributed by atoms with E-state index in [1.54, 1.807) is 6.08 Å².